The van der Waals surface area contributed by atoms with Gasteiger partial charge in [0.1, 0.15) is 6.10 Å². The number of rotatable bonds is 8. The summed E-state index contributed by atoms with van der Waals surface area (Å²) in [4.78, 5) is 18.6. The Morgan fingerprint density at radius 2 is 2.61 bits per heavy atom. The number of thioether (sulfide) groups is 1. The Hall–Kier alpha value is -1.40. The number of amides is 1. The lowest BCUT2D eigenvalue weighted by atomic mass is 10.1. The van der Waals surface area contributed by atoms with Crippen LogP contribution >= 0.6 is 11.8 Å². The van der Waals surface area contributed by atoms with Crippen molar-refractivity contribution in [3.63, 3.8) is 0 Å². The molecule has 0 radical (unpaired) electrons. The molecule has 0 fully saturated rings. The zero-order valence-electron chi connectivity index (χ0n) is 9.84. The SMILES string of the molecule is C=N/C=C(/CNC=O)SCC1=CCC(OF)C=C1. The molecule has 0 aromatic carbocycles. The predicted octanol–water partition coefficient (Wildman–Crippen LogP) is 2.16. The Balaban J connectivity index is 2.41. The molecule has 1 amide bonds. The smallest absolute Gasteiger partial charge is 0.207 e. The summed E-state index contributed by atoms with van der Waals surface area (Å²) >= 11 is 1.55. The minimum absolute atomic E-state index is 0.431. The normalized spacial score (nSPS) is 19.3. The maximum absolute atomic E-state index is 11.9. The maximum atomic E-state index is 11.9. The minimum Gasteiger partial charge on any atom is -0.354 e. The van der Waals surface area contributed by atoms with Crippen LogP contribution in [0.1, 0.15) is 6.42 Å². The average molecular weight is 270 g/mol. The second-order valence-corrected chi connectivity index (χ2v) is 4.67. The molecular formula is C12H15FN2O2S. The maximum Gasteiger partial charge on any atom is 0.207 e. The van der Waals surface area contributed by atoms with E-state index in [9.17, 15) is 9.32 Å². The zero-order valence-corrected chi connectivity index (χ0v) is 10.7. The van der Waals surface area contributed by atoms with Gasteiger partial charge in [-0.15, -0.1) is 11.8 Å². The lowest BCUT2D eigenvalue weighted by Gasteiger charge is -2.12. The van der Waals surface area contributed by atoms with E-state index >= 15 is 0 Å². The minimum atomic E-state index is -0.472. The number of aliphatic imine (C=N–C) groups is 1. The predicted molar refractivity (Wildman–Crippen MR) is 72.0 cm³/mol. The van der Waals surface area contributed by atoms with Gasteiger partial charge in [0.15, 0.2) is 0 Å². The summed E-state index contributed by atoms with van der Waals surface area (Å²) in [5.74, 6) is 0.734. The quantitative estimate of drug-likeness (QED) is 0.543. The van der Waals surface area contributed by atoms with Crippen LogP contribution in [0.25, 0.3) is 0 Å². The Morgan fingerprint density at radius 1 is 1.78 bits per heavy atom. The molecule has 0 spiro atoms. The van der Waals surface area contributed by atoms with Crippen molar-refractivity contribution < 1.29 is 14.3 Å². The summed E-state index contributed by atoms with van der Waals surface area (Å²) < 4.78 is 11.9. The van der Waals surface area contributed by atoms with Gasteiger partial charge in [-0.3, -0.25) is 9.79 Å². The summed E-state index contributed by atoms with van der Waals surface area (Å²) in [6.07, 6.45) is 7.78. The van der Waals surface area contributed by atoms with Crippen molar-refractivity contribution in [3.05, 3.63) is 34.9 Å². The van der Waals surface area contributed by atoms with Gasteiger partial charge in [-0.2, -0.15) is 4.94 Å². The molecule has 1 rings (SSSR count). The Kier molecular flexibility index (Phi) is 7.05. The zero-order chi connectivity index (χ0) is 13.2. The van der Waals surface area contributed by atoms with Crippen LogP contribution in [-0.2, 0) is 9.74 Å². The molecule has 1 unspecified atom stereocenters. The van der Waals surface area contributed by atoms with Gasteiger partial charge in [0.2, 0.25) is 6.41 Å². The fourth-order valence-electron chi connectivity index (χ4n) is 1.37. The number of allylic oxidation sites excluding steroid dienone is 1. The molecular weight excluding hydrogens is 255 g/mol. The van der Waals surface area contributed by atoms with Gasteiger partial charge in [-0.25, -0.2) is 0 Å². The molecule has 98 valence electrons. The fraction of sp³-hybridized carbons (Fsp3) is 0.333. The molecule has 4 nitrogen and oxygen atoms in total. The summed E-state index contributed by atoms with van der Waals surface area (Å²) in [5, 5.41) is 2.57. The van der Waals surface area contributed by atoms with Crippen LogP contribution in [0, 0.1) is 0 Å². The van der Waals surface area contributed by atoms with E-state index in [2.05, 4.69) is 22.0 Å². The molecule has 0 aliphatic heterocycles. The Morgan fingerprint density at radius 3 is 3.17 bits per heavy atom. The van der Waals surface area contributed by atoms with E-state index < -0.39 is 6.10 Å². The number of nitrogens with one attached hydrogen (secondary N) is 1. The van der Waals surface area contributed by atoms with Gasteiger partial charge in [0.25, 0.3) is 0 Å². The van der Waals surface area contributed by atoms with E-state index in [1.165, 1.54) is 0 Å². The van der Waals surface area contributed by atoms with Crippen LogP contribution in [-0.4, -0.2) is 31.5 Å². The first-order valence-electron chi connectivity index (χ1n) is 5.39. The topological polar surface area (TPSA) is 50.7 Å². The number of hydrogen-bond donors (Lipinski definition) is 1. The number of carbonyl (C=O) groups excluding carboxylic acids is 1. The lowest BCUT2D eigenvalue weighted by molar-refractivity contribution is -0.160. The third-order valence-corrected chi connectivity index (χ3v) is 3.37. The Labute approximate surface area is 110 Å². The van der Waals surface area contributed by atoms with Crippen LogP contribution in [0.5, 0.6) is 0 Å². The molecule has 1 N–H and O–H groups in total. The van der Waals surface area contributed by atoms with Gasteiger partial charge >= 0.3 is 0 Å². The highest BCUT2D eigenvalue weighted by atomic mass is 32.2. The number of carbonyl (C=O) groups is 1. The first-order valence-corrected chi connectivity index (χ1v) is 6.38. The van der Waals surface area contributed by atoms with Crippen LogP contribution in [0.3, 0.4) is 0 Å². The van der Waals surface area contributed by atoms with E-state index in [0.29, 0.717) is 19.4 Å². The molecule has 0 aromatic heterocycles. The van der Waals surface area contributed by atoms with Crippen molar-refractivity contribution in [1.82, 2.24) is 5.32 Å². The Bertz CT molecular complexity index is 380. The second-order valence-electron chi connectivity index (χ2n) is 3.57. The van der Waals surface area contributed by atoms with Gasteiger partial charge in [-0.05, 0) is 23.2 Å². The van der Waals surface area contributed by atoms with Crippen molar-refractivity contribution in [2.24, 2.45) is 4.99 Å². The van der Waals surface area contributed by atoms with Crippen molar-refractivity contribution in [2.75, 3.05) is 12.3 Å². The van der Waals surface area contributed by atoms with E-state index in [0.717, 1.165) is 16.2 Å². The highest BCUT2D eigenvalue weighted by Gasteiger charge is 2.09. The van der Waals surface area contributed by atoms with Gasteiger partial charge in [-0.1, -0.05) is 18.2 Å². The molecule has 0 saturated heterocycles. The number of hydrogen-bond acceptors (Lipinski definition) is 4. The summed E-state index contributed by atoms with van der Waals surface area (Å²) in [6, 6.07) is 0. The highest BCUT2D eigenvalue weighted by molar-refractivity contribution is 8.03. The van der Waals surface area contributed by atoms with E-state index in [1.54, 1.807) is 24.0 Å². The van der Waals surface area contributed by atoms with Crippen LogP contribution in [0.4, 0.5) is 4.53 Å². The monoisotopic (exact) mass is 270 g/mol. The van der Waals surface area contributed by atoms with Gasteiger partial charge < -0.3 is 5.32 Å². The molecule has 0 saturated carbocycles. The van der Waals surface area contributed by atoms with Crippen molar-refractivity contribution in [1.29, 1.82) is 0 Å². The average Bonchev–Trinajstić information content (AvgIpc) is 2.42. The second kappa shape index (κ2) is 8.66. The summed E-state index contributed by atoms with van der Waals surface area (Å²) in [6.45, 7) is 3.81. The van der Waals surface area contributed by atoms with E-state index in [1.807, 2.05) is 12.2 Å². The first-order chi connectivity index (χ1) is 8.80. The van der Waals surface area contributed by atoms with Gasteiger partial charge in [0, 0.05) is 23.4 Å². The van der Waals surface area contributed by atoms with E-state index in [-0.39, 0.29) is 0 Å². The van der Waals surface area contributed by atoms with Gasteiger partial charge in [0.05, 0.1) is 0 Å². The standard InChI is InChI=1S/C12H15FN2O2S/c1-14-6-12(7-15-9-16)18-8-10-2-4-11(17-13)5-3-10/h2-4,6,9,11H,1,5,7-8H2,(H,15,16)/b12-6-. The van der Waals surface area contributed by atoms with Crippen LogP contribution in [0.2, 0.25) is 0 Å². The molecule has 0 bridgehead atoms. The van der Waals surface area contributed by atoms with Crippen molar-refractivity contribution in [2.45, 2.75) is 12.5 Å². The fourth-order valence-corrected chi connectivity index (χ4v) is 2.27. The molecule has 0 heterocycles. The lowest BCUT2D eigenvalue weighted by Crippen LogP contribution is -2.13. The molecule has 1 aliphatic rings. The van der Waals surface area contributed by atoms with Crippen LogP contribution in [0.15, 0.2) is 39.9 Å². The molecule has 18 heavy (non-hydrogen) atoms. The molecule has 1 aliphatic carbocycles. The third kappa shape index (κ3) is 5.29. The summed E-state index contributed by atoms with van der Waals surface area (Å²) in [7, 11) is 0. The molecule has 0 aromatic rings. The van der Waals surface area contributed by atoms with E-state index in [4.69, 9.17) is 0 Å². The summed E-state index contributed by atoms with van der Waals surface area (Å²) in [5.41, 5.74) is 1.09. The van der Waals surface area contributed by atoms with Crippen molar-refractivity contribution >= 4 is 24.9 Å². The highest BCUT2D eigenvalue weighted by Crippen LogP contribution is 2.22. The largest absolute Gasteiger partial charge is 0.354 e. The number of halogens is 1. The van der Waals surface area contributed by atoms with Crippen LogP contribution < -0.4 is 5.32 Å². The molecule has 6 heteroatoms. The number of nitrogens with zero attached hydrogens (tertiary/aromatic N) is 1. The third-order valence-electron chi connectivity index (χ3n) is 2.27. The first kappa shape index (κ1) is 14.7. The van der Waals surface area contributed by atoms with Crippen molar-refractivity contribution in [3.8, 4) is 0 Å². The molecule has 1 atom stereocenters.